The molecule has 184 valence electrons. The molecule has 0 saturated carbocycles. The summed E-state index contributed by atoms with van der Waals surface area (Å²) in [5.41, 5.74) is 7.03. The molecule has 38 heavy (non-hydrogen) atoms. The Balaban J connectivity index is 1.66. The van der Waals surface area contributed by atoms with Crippen LogP contribution in [0.3, 0.4) is 0 Å². The molecule has 0 radical (unpaired) electrons. The molecule has 5 aromatic rings. The maximum Gasteiger partial charge on any atom is 0.340 e. The van der Waals surface area contributed by atoms with Crippen LogP contribution in [0, 0.1) is 0 Å². The zero-order valence-corrected chi connectivity index (χ0v) is 21.1. The topological polar surface area (TPSA) is 77.4 Å². The van der Waals surface area contributed by atoms with E-state index in [1.54, 1.807) is 42.5 Å². The van der Waals surface area contributed by atoms with E-state index in [0.717, 1.165) is 22.4 Å². The molecule has 6 rings (SSSR count). The molecule has 0 heterocycles. The number of carboxylic acid groups (broad SMARTS) is 2. The number of fused-ring (bicyclic) bond motifs is 3. The number of benzene rings is 5. The van der Waals surface area contributed by atoms with Gasteiger partial charge in [-0.2, -0.15) is 0 Å². The Labute approximate surface area is 223 Å². The van der Waals surface area contributed by atoms with Crippen molar-refractivity contribution >= 4 is 22.8 Å². The van der Waals surface area contributed by atoms with Crippen LogP contribution in [0.2, 0.25) is 0 Å². The molecule has 0 aliphatic heterocycles. The Bertz CT molecular complexity index is 1660. The molecule has 5 heteroatoms. The highest BCUT2D eigenvalue weighted by atomic mass is 32.2. The summed E-state index contributed by atoms with van der Waals surface area (Å²) in [7, 11) is -1.05. The molecular weight excluding hydrogens is 492 g/mol. The van der Waals surface area contributed by atoms with E-state index in [2.05, 4.69) is 36.4 Å². The molecule has 1 N–H and O–H groups in total. The molecule has 0 spiro atoms. The van der Waals surface area contributed by atoms with Gasteiger partial charge in [-0.05, 0) is 70.6 Å². The van der Waals surface area contributed by atoms with E-state index >= 15 is 0 Å². The Morgan fingerprint density at radius 3 is 1.82 bits per heavy atom. The van der Waals surface area contributed by atoms with E-state index in [1.807, 2.05) is 30.3 Å². The number of carbonyl (C=O) groups is 2. The summed E-state index contributed by atoms with van der Waals surface area (Å²) >= 11 is 0. The molecule has 0 aromatic heterocycles. The normalized spacial score (nSPS) is 12.4. The fourth-order valence-corrected chi connectivity index (χ4v) is 7.77. The van der Waals surface area contributed by atoms with Gasteiger partial charge in [-0.15, -0.1) is 0 Å². The lowest BCUT2D eigenvalue weighted by Crippen LogP contribution is -2.25. The van der Waals surface area contributed by atoms with Crippen molar-refractivity contribution in [2.75, 3.05) is 0 Å². The van der Waals surface area contributed by atoms with Crippen molar-refractivity contribution in [1.29, 1.82) is 0 Å². The van der Waals surface area contributed by atoms with E-state index in [4.69, 9.17) is 0 Å². The van der Waals surface area contributed by atoms with Crippen LogP contribution in [-0.4, -0.2) is 17.0 Å². The van der Waals surface area contributed by atoms with Crippen LogP contribution in [0.15, 0.2) is 130 Å². The van der Waals surface area contributed by atoms with Crippen molar-refractivity contribution in [2.45, 2.75) is 21.1 Å². The first kappa shape index (κ1) is 23.8. The number of rotatable bonds is 6. The average molecular weight is 515 g/mol. The first-order valence-corrected chi connectivity index (χ1v) is 13.4. The summed E-state index contributed by atoms with van der Waals surface area (Å²) < 4.78 is 0. The molecule has 1 aliphatic rings. The predicted molar refractivity (Wildman–Crippen MR) is 146 cm³/mol. The highest BCUT2D eigenvalue weighted by Crippen LogP contribution is 2.46. The summed E-state index contributed by atoms with van der Waals surface area (Å²) in [5, 5.41) is 22.3. The third kappa shape index (κ3) is 3.98. The van der Waals surface area contributed by atoms with Gasteiger partial charge >= 0.3 is 5.97 Å². The minimum absolute atomic E-state index is 0.0504. The van der Waals surface area contributed by atoms with Gasteiger partial charge in [0.15, 0.2) is 14.7 Å². The minimum atomic E-state index is -1.29. The van der Waals surface area contributed by atoms with Gasteiger partial charge in [-0.25, -0.2) is 4.79 Å². The lowest BCUT2D eigenvalue weighted by atomic mass is 9.94. The molecule has 0 bridgehead atoms. The number of hydrogen-bond acceptors (Lipinski definition) is 3. The fourth-order valence-electron chi connectivity index (χ4n) is 5.27. The summed E-state index contributed by atoms with van der Waals surface area (Å²) in [6, 6.07) is 36.1. The van der Waals surface area contributed by atoms with Crippen LogP contribution in [0.25, 0.3) is 22.3 Å². The van der Waals surface area contributed by atoms with Crippen molar-refractivity contribution in [3.05, 3.63) is 138 Å². The third-order valence-electron chi connectivity index (χ3n) is 6.88. The molecule has 0 saturated heterocycles. The van der Waals surface area contributed by atoms with Crippen molar-refractivity contribution in [2.24, 2.45) is 0 Å². The second-order valence-corrected chi connectivity index (χ2v) is 11.0. The standard InChI is InChI=1S/C33H22O4S/c34-32(35)26-14-4-7-18-29(26)38(30-19-8-5-15-27(30)33(36)37)28-17-6-3-13-24(28)25-16-9-11-22-20-21-10-1-2-12-23(21)31(22)25/h1-19H,20H2,(H-,34,35,36,37). The second kappa shape index (κ2) is 9.69. The van der Waals surface area contributed by atoms with Crippen molar-refractivity contribution in [1.82, 2.24) is 0 Å². The molecule has 4 nitrogen and oxygen atoms in total. The van der Waals surface area contributed by atoms with E-state index < -0.39 is 22.8 Å². The molecule has 1 aliphatic carbocycles. The fraction of sp³-hybridized carbons (Fsp3) is 0.0303. The van der Waals surface area contributed by atoms with Crippen LogP contribution in [0.1, 0.15) is 31.8 Å². The van der Waals surface area contributed by atoms with E-state index in [0.29, 0.717) is 9.79 Å². The van der Waals surface area contributed by atoms with Gasteiger partial charge in [0.1, 0.15) is 16.5 Å². The molecular formula is C33H22O4S. The predicted octanol–water partition coefficient (Wildman–Crippen LogP) is 6.08. The molecule has 5 aromatic carbocycles. The number of aromatic carboxylic acids is 2. The van der Waals surface area contributed by atoms with Gasteiger partial charge in [0, 0.05) is 5.56 Å². The van der Waals surface area contributed by atoms with Crippen LogP contribution >= 0.6 is 0 Å². The van der Waals surface area contributed by atoms with Crippen LogP contribution in [0.4, 0.5) is 0 Å². The number of carbonyl (C=O) groups excluding carboxylic acids is 1. The molecule has 1 atom stereocenters. The van der Waals surface area contributed by atoms with Gasteiger partial charge in [0.2, 0.25) is 0 Å². The minimum Gasteiger partial charge on any atom is -0.545 e. The summed E-state index contributed by atoms with van der Waals surface area (Å²) in [4.78, 5) is 26.5. The second-order valence-electron chi connectivity index (χ2n) is 9.06. The van der Waals surface area contributed by atoms with Crippen LogP contribution in [0.5, 0.6) is 0 Å². The molecule has 0 fully saturated rings. The first-order valence-electron chi connectivity index (χ1n) is 12.2. The highest BCUT2D eigenvalue weighted by Gasteiger charge is 2.38. The van der Waals surface area contributed by atoms with Gasteiger partial charge in [-0.1, -0.05) is 78.9 Å². The lowest BCUT2D eigenvalue weighted by Gasteiger charge is -2.18. The lowest BCUT2D eigenvalue weighted by molar-refractivity contribution is -0.255. The first-order chi connectivity index (χ1) is 18.5. The molecule has 0 amide bonds. The summed E-state index contributed by atoms with van der Waals surface area (Å²) in [6.45, 7) is 0. The van der Waals surface area contributed by atoms with Crippen molar-refractivity contribution < 1.29 is 19.8 Å². The Morgan fingerprint density at radius 1 is 0.579 bits per heavy atom. The summed E-state index contributed by atoms with van der Waals surface area (Å²) in [6.07, 6.45) is 0.850. The van der Waals surface area contributed by atoms with E-state index in [1.165, 1.54) is 28.3 Å². The third-order valence-corrected chi connectivity index (χ3v) is 9.27. The van der Waals surface area contributed by atoms with Gasteiger partial charge in [0.05, 0.1) is 11.5 Å². The Morgan fingerprint density at radius 2 is 1.11 bits per heavy atom. The maximum atomic E-state index is 12.3. The quantitative estimate of drug-likeness (QED) is 0.273. The maximum absolute atomic E-state index is 12.3. The zero-order valence-electron chi connectivity index (χ0n) is 20.3. The highest BCUT2D eigenvalue weighted by molar-refractivity contribution is 7.97. The van der Waals surface area contributed by atoms with Crippen molar-refractivity contribution in [3.63, 3.8) is 0 Å². The van der Waals surface area contributed by atoms with E-state index in [-0.39, 0.29) is 11.1 Å². The average Bonchev–Trinajstić information content (AvgIpc) is 3.33. The zero-order chi connectivity index (χ0) is 26.2. The smallest absolute Gasteiger partial charge is 0.340 e. The monoisotopic (exact) mass is 514 g/mol. The molecule has 1 unspecified atom stereocenters. The van der Waals surface area contributed by atoms with Gasteiger partial charge in [0.25, 0.3) is 0 Å². The van der Waals surface area contributed by atoms with Crippen LogP contribution in [-0.2, 0) is 17.3 Å². The van der Waals surface area contributed by atoms with E-state index in [9.17, 15) is 19.8 Å². The Kier molecular flexibility index (Phi) is 6.06. The van der Waals surface area contributed by atoms with Crippen LogP contribution < -0.4 is 5.11 Å². The number of carboxylic acids is 2. The summed E-state index contributed by atoms with van der Waals surface area (Å²) in [5.74, 6) is -2.35. The van der Waals surface area contributed by atoms with Gasteiger partial charge < -0.3 is 15.0 Å². The number of hydrogen-bond donors (Lipinski definition) is 1. The largest absolute Gasteiger partial charge is 0.545 e. The Hall–Kier alpha value is -4.61. The van der Waals surface area contributed by atoms with Crippen molar-refractivity contribution in [3.8, 4) is 22.3 Å². The SMILES string of the molecule is O=C([O-])c1ccccc1[S+](c1ccccc1C(=O)O)c1ccccc1-c1cccc2c1-c1ccccc1C2. The van der Waals surface area contributed by atoms with Gasteiger partial charge in [-0.3, -0.25) is 0 Å².